The number of rotatable bonds is 4. The van der Waals surface area contributed by atoms with E-state index in [4.69, 9.17) is 22.4 Å². The van der Waals surface area contributed by atoms with Gasteiger partial charge in [-0.2, -0.15) is 0 Å². The minimum Gasteiger partial charge on any atom is -0.481 e. The Morgan fingerprint density at radius 1 is 1.57 bits per heavy atom. The number of carbonyl (C=O) groups is 1. The van der Waals surface area contributed by atoms with Crippen molar-refractivity contribution >= 4 is 17.6 Å². The molecule has 0 fully saturated rings. The maximum Gasteiger partial charge on any atom is 0.304 e. The van der Waals surface area contributed by atoms with Crippen LogP contribution in [-0.2, 0) is 4.79 Å². The lowest BCUT2D eigenvalue weighted by Gasteiger charge is -2.12. The van der Waals surface area contributed by atoms with Gasteiger partial charge < -0.3 is 10.8 Å². The zero-order valence-electron chi connectivity index (χ0n) is 7.61. The molecule has 1 aromatic carbocycles. The van der Waals surface area contributed by atoms with Crippen LogP contribution in [0.1, 0.15) is 17.9 Å². The van der Waals surface area contributed by atoms with E-state index < -0.39 is 5.97 Å². The molecule has 0 radical (unpaired) electrons. The topological polar surface area (TPSA) is 63.3 Å². The van der Waals surface area contributed by atoms with Gasteiger partial charge in [-0.15, -0.1) is 0 Å². The van der Waals surface area contributed by atoms with Crippen LogP contribution < -0.4 is 5.73 Å². The van der Waals surface area contributed by atoms with Crippen molar-refractivity contribution in [3.63, 3.8) is 0 Å². The number of aliphatic carboxylic acids is 1. The number of benzene rings is 1. The van der Waals surface area contributed by atoms with Crippen LogP contribution in [0.15, 0.2) is 24.3 Å². The number of hydrogen-bond donors (Lipinski definition) is 2. The Morgan fingerprint density at radius 3 is 2.79 bits per heavy atom. The smallest absolute Gasteiger partial charge is 0.304 e. The maximum absolute atomic E-state index is 10.5. The normalized spacial score (nSPS) is 12.4. The highest BCUT2D eigenvalue weighted by Gasteiger charge is 2.13. The van der Waals surface area contributed by atoms with Crippen molar-refractivity contribution in [3.05, 3.63) is 34.9 Å². The molecule has 0 saturated carbocycles. The van der Waals surface area contributed by atoms with Crippen molar-refractivity contribution in [1.29, 1.82) is 0 Å². The first-order valence-corrected chi connectivity index (χ1v) is 4.68. The van der Waals surface area contributed by atoms with Crippen LogP contribution in [0.25, 0.3) is 0 Å². The summed E-state index contributed by atoms with van der Waals surface area (Å²) in [5, 5.41) is 9.26. The molecule has 1 atom stereocenters. The Balaban J connectivity index is 2.83. The molecule has 0 heterocycles. The van der Waals surface area contributed by atoms with Gasteiger partial charge >= 0.3 is 5.97 Å². The summed E-state index contributed by atoms with van der Waals surface area (Å²) in [6.07, 6.45) is 0.0385. The Morgan fingerprint density at radius 2 is 2.29 bits per heavy atom. The summed E-state index contributed by atoms with van der Waals surface area (Å²) in [6, 6.07) is 7.13. The van der Waals surface area contributed by atoms with E-state index in [1.165, 1.54) is 0 Å². The summed E-state index contributed by atoms with van der Waals surface area (Å²) in [5.41, 5.74) is 6.37. The second kappa shape index (κ2) is 4.98. The molecule has 0 aliphatic heterocycles. The van der Waals surface area contributed by atoms with Gasteiger partial charge in [0, 0.05) is 10.9 Å². The molecule has 0 spiro atoms. The van der Waals surface area contributed by atoms with Crippen LogP contribution in [-0.4, -0.2) is 17.6 Å². The van der Waals surface area contributed by atoms with Crippen LogP contribution in [0.4, 0.5) is 0 Å². The van der Waals surface area contributed by atoms with E-state index in [1.54, 1.807) is 18.2 Å². The van der Waals surface area contributed by atoms with E-state index in [0.29, 0.717) is 11.6 Å². The molecule has 1 rings (SSSR count). The molecule has 76 valence electrons. The van der Waals surface area contributed by atoms with E-state index in [1.807, 2.05) is 6.07 Å². The molecule has 0 aliphatic rings. The Hall–Kier alpha value is -1.06. The molecule has 3 N–H and O–H groups in total. The maximum atomic E-state index is 10.5. The van der Waals surface area contributed by atoms with Crippen molar-refractivity contribution < 1.29 is 9.90 Å². The quantitative estimate of drug-likeness (QED) is 0.803. The number of carboxylic acids is 1. The average Bonchev–Trinajstić information content (AvgIpc) is 2.14. The molecule has 1 unspecified atom stereocenters. The fourth-order valence-corrected chi connectivity index (χ4v) is 1.51. The van der Waals surface area contributed by atoms with Crippen LogP contribution in [0.2, 0.25) is 5.02 Å². The second-order valence-corrected chi connectivity index (χ2v) is 3.52. The van der Waals surface area contributed by atoms with Crippen molar-refractivity contribution in [2.24, 2.45) is 5.73 Å². The van der Waals surface area contributed by atoms with Crippen molar-refractivity contribution in [3.8, 4) is 0 Å². The Labute approximate surface area is 87.5 Å². The van der Waals surface area contributed by atoms with Gasteiger partial charge in [0.05, 0.1) is 6.42 Å². The lowest BCUT2D eigenvalue weighted by molar-refractivity contribution is -0.137. The van der Waals surface area contributed by atoms with Crippen LogP contribution >= 0.6 is 11.6 Å². The molecule has 14 heavy (non-hydrogen) atoms. The number of hydrogen-bond acceptors (Lipinski definition) is 2. The molecule has 0 bridgehead atoms. The van der Waals surface area contributed by atoms with E-state index in [0.717, 1.165) is 5.56 Å². The first kappa shape index (κ1) is 11.0. The summed E-state index contributed by atoms with van der Waals surface area (Å²) in [7, 11) is 0. The molecular weight excluding hydrogens is 202 g/mol. The lowest BCUT2D eigenvalue weighted by Crippen LogP contribution is -2.16. The van der Waals surface area contributed by atoms with E-state index >= 15 is 0 Å². The summed E-state index contributed by atoms with van der Waals surface area (Å²) in [4.78, 5) is 10.5. The lowest BCUT2D eigenvalue weighted by atomic mass is 9.96. The van der Waals surface area contributed by atoms with E-state index in [-0.39, 0.29) is 12.3 Å². The van der Waals surface area contributed by atoms with Gasteiger partial charge in [-0.1, -0.05) is 23.7 Å². The Bertz CT molecular complexity index is 328. The molecule has 0 amide bonds. The summed E-state index contributed by atoms with van der Waals surface area (Å²) >= 11 is 5.79. The van der Waals surface area contributed by atoms with Gasteiger partial charge in [0.1, 0.15) is 0 Å². The highest BCUT2D eigenvalue weighted by molar-refractivity contribution is 6.30. The van der Waals surface area contributed by atoms with Gasteiger partial charge in [-0.25, -0.2) is 0 Å². The fraction of sp³-hybridized carbons (Fsp3) is 0.300. The molecule has 0 aliphatic carbocycles. The molecule has 3 nitrogen and oxygen atoms in total. The summed E-state index contributed by atoms with van der Waals surface area (Å²) < 4.78 is 0. The zero-order valence-corrected chi connectivity index (χ0v) is 8.37. The molecular formula is C10H12ClNO2. The second-order valence-electron chi connectivity index (χ2n) is 3.09. The number of carboxylic acid groups (broad SMARTS) is 1. The first-order valence-electron chi connectivity index (χ1n) is 4.31. The van der Waals surface area contributed by atoms with Gasteiger partial charge in [-0.3, -0.25) is 4.79 Å². The molecule has 4 heteroatoms. The predicted octanol–water partition coefficient (Wildman–Crippen LogP) is 1.86. The third-order valence-corrected chi connectivity index (χ3v) is 2.26. The van der Waals surface area contributed by atoms with Crippen LogP contribution in [0.5, 0.6) is 0 Å². The number of nitrogens with two attached hydrogens (primary N) is 1. The zero-order chi connectivity index (χ0) is 10.6. The van der Waals surface area contributed by atoms with E-state index in [2.05, 4.69) is 0 Å². The minimum absolute atomic E-state index is 0.0385. The highest BCUT2D eigenvalue weighted by atomic mass is 35.5. The summed E-state index contributed by atoms with van der Waals surface area (Å²) in [5.74, 6) is -1.01. The van der Waals surface area contributed by atoms with E-state index in [9.17, 15) is 4.79 Å². The van der Waals surface area contributed by atoms with Gasteiger partial charge in [0.2, 0.25) is 0 Å². The fourth-order valence-electron chi connectivity index (χ4n) is 1.31. The van der Waals surface area contributed by atoms with Crippen molar-refractivity contribution in [2.45, 2.75) is 12.3 Å². The van der Waals surface area contributed by atoms with Crippen LogP contribution in [0, 0.1) is 0 Å². The molecule has 0 aromatic heterocycles. The van der Waals surface area contributed by atoms with Gasteiger partial charge in [0.15, 0.2) is 0 Å². The standard InChI is InChI=1S/C10H12ClNO2/c11-9-3-1-2-7(4-9)8(6-12)5-10(13)14/h1-4,8H,5-6,12H2,(H,13,14). The van der Waals surface area contributed by atoms with Crippen LogP contribution in [0.3, 0.4) is 0 Å². The minimum atomic E-state index is -0.847. The third-order valence-electron chi connectivity index (χ3n) is 2.03. The van der Waals surface area contributed by atoms with Crippen molar-refractivity contribution in [1.82, 2.24) is 0 Å². The SMILES string of the molecule is NCC(CC(=O)O)c1cccc(Cl)c1. The monoisotopic (exact) mass is 213 g/mol. The first-order chi connectivity index (χ1) is 6.63. The highest BCUT2D eigenvalue weighted by Crippen LogP contribution is 2.21. The largest absolute Gasteiger partial charge is 0.481 e. The Kier molecular flexibility index (Phi) is 3.92. The van der Waals surface area contributed by atoms with Crippen molar-refractivity contribution in [2.75, 3.05) is 6.54 Å². The van der Waals surface area contributed by atoms with Gasteiger partial charge in [-0.05, 0) is 24.2 Å². The molecule has 1 aromatic rings. The molecule has 0 saturated heterocycles. The number of halogens is 1. The average molecular weight is 214 g/mol. The van der Waals surface area contributed by atoms with Gasteiger partial charge in [0.25, 0.3) is 0 Å². The summed E-state index contributed by atoms with van der Waals surface area (Å²) in [6.45, 7) is 0.312. The third kappa shape index (κ3) is 3.01. The predicted molar refractivity (Wildman–Crippen MR) is 55.5 cm³/mol.